The minimum atomic E-state index is -1.01. The van der Waals surface area contributed by atoms with E-state index in [1.54, 1.807) is 0 Å². The van der Waals surface area contributed by atoms with Gasteiger partial charge in [-0.1, -0.05) is 0 Å². The number of carbonyl (C=O) groups is 2. The van der Waals surface area contributed by atoms with E-state index in [1.807, 2.05) is 0 Å². The molecule has 1 aromatic rings. The van der Waals surface area contributed by atoms with Gasteiger partial charge < -0.3 is 20.5 Å². The summed E-state index contributed by atoms with van der Waals surface area (Å²) in [6.45, 7) is 2.04. The first kappa shape index (κ1) is 15.4. The van der Waals surface area contributed by atoms with Gasteiger partial charge in [0, 0.05) is 6.20 Å². The first-order valence-electron chi connectivity index (χ1n) is 6.92. The maximum atomic E-state index is 11.7. The molecule has 2 heterocycles. The number of aromatic nitrogens is 1. The summed E-state index contributed by atoms with van der Waals surface area (Å²) >= 11 is 0. The number of carbonyl (C=O) groups excluding carboxylic acids is 1. The maximum absolute atomic E-state index is 11.7. The maximum Gasteiger partial charge on any atom is 0.335 e. The second kappa shape index (κ2) is 7.70. The number of piperidine rings is 1. The highest BCUT2D eigenvalue weighted by Gasteiger charge is 2.14. The lowest BCUT2D eigenvalue weighted by molar-refractivity contribution is -0.128. The Labute approximate surface area is 122 Å². The third-order valence-corrected chi connectivity index (χ3v) is 3.27. The van der Waals surface area contributed by atoms with E-state index in [9.17, 15) is 9.59 Å². The summed E-state index contributed by atoms with van der Waals surface area (Å²) in [6, 6.07) is 2.85. The van der Waals surface area contributed by atoms with E-state index in [4.69, 9.17) is 9.84 Å². The zero-order valence-corrected chi connectivity index (χ0v) is 11.7. The molecule has 0 atom stereocenters. The van der Waals surface area contributed by atoms with Crippen LogP contribution in [-0.4, -0.2) is 47.8 Å². The molecule has 114 valence electrons. The lowest BCUT2D eigenvalue weighted by Crippen LogP contribution is -2.35. The SMILES string of the molecule is O=C(COC1CCNCC1)NCc1cc(C(=O)O)ccn1. The summed E-state index contributed by atoms with van der Waals surface area (Å²) in [5.41, 5.74) is 0.658. The van der Waals surface area contributed by atoms with Crippen molar-refractivity contribution >= 4 is 11.9 Å². The molecule has 0 saturated carbocycles. The molecule has 1 amide bonds. The van der Waals surface area contributed by atoms with E-state index >= 15 is 0 Å². The molecule has 1 aromatic heterocycles. The van der Waals surface area contributed by atoms with Gasteiger partial charge in [-0.15, -0.1) is 0 Å². The van der Waals surface area contributed by atoms with Crippen LogP contribution in [0.25, 0.3) is 0 Å². The highest BCUT2D eigenvalue weighted by atomic mass is 16.5. The number of carboxylic acid groups (broad SMARTS) is 1. The number of carboxylic acids is 1. The number of nitrogens with one attached hydrogen (secondary N) is 2. The fourth-order valence-electron chi connectivity index (χ4n) is 2.10. The standard InChI is InChI=1S/C14H19N3O4/c18-13(9-21-12-2-4-15-5-3-12)17-8-11-7-10(14(19)20)1-6-16-11/h1,6-7,12,15H,2-5,8-9H2,(H,17,18)(H,19,20). The average molecular weight is 293 g/mol. The lowest BCUT2D eigenvalue weighted by Gasteiger charge is -2.22. The van der Waals surface area contributed by atoms with Gasteiger partial charge >= 0.3 is 5.97 Å². The highest BCUT2D eigenvalue weighted by molar-refractivity contribution is 5.87. The molecule has 0 bridgehead atoms. The van der Waals surface area contributed by atoms with Crippen LogP contribution in [0, 0.1) is 0 Å². The van der Waals surface area contributed by atoms with E-state index in [0.29, 0.717) is 5.69 Å². The Morgan fingerprint density at radius 1 is 1.43 bits per heavy atom. The van der Waals surface area contributed by atoms with Crippen molar-refractivity contribution in [1.82, 2.24) is 15.6 Å². The van der Waals surface area contributed by atoms with Crippen molar-refractivity contribution in [3.05, 3.63) is 29.6 Å². The van der Waals surface area contributed by atoms with Crippen LogP contribution in [0.15, 0.2) is 18.3 Å². The Kier molecular flexibility index (Phi) is 5.65. The van der Waals surface area contributed by atoms with Crippen LogP contribution < -0.4 is 10.6 Å². The summed E-state index contributed by atoms with van der Waals surface area (Å²) in [7, 11) is 0. The Morgan fingerprint density at radius 2 is 2.19 bits per heavy atom. The second-order valence-corrected chi connectivity index (χ2v) is 4.88. The number of hydrogen-bond donors (Lipinski definition) is 3. The molecule has 0 spiro atoms. The van der Waals surface area contributed by atoms with Crippen molar-refractivity contribution in [3.63, 3.8) is 0 Å². The summed E-state index contributed by atoms with van der Waals surface area (Å²) in [4.78, 5) is 26.5. The third-order valence-electron chi connectivity index (χ3n) is 3.27. The van der Waals surface area contributed by atoms with Crippen LogP contribution in [-0.2, 0) is 16.1 Å². The molecule has 0 aliphatic carbocycles. The molecule has 0 unspecified atom stereocenters. The van der Waals surface area contributed by atoms with Gasteiger partial charge in [0.2, 0.25) is 5.91 Å². The Hall–Kier alpha value is -1.99. The second-order valence-electron chi connectivity index (χ2n) is 4.88. The van der Waals surface area contributed by atoms with E-state index in [0.717, 1.165) is 25.9 Å². The van der Waals surface area contributed by atoms with E-state index < -0.39 is 5.97 Å². The summed E-state index contributed by atoms with van der Waals surface area (Å²) in [6.07, 6.45) is 3.37. The molecule has 0 aromatic carbocycles. The summed E-state index contributed by atoms with van der Waals surface area (Å²) in [5.74, 6) is -1.24. The predicted molar refractivity (Wildman–Crippen MR) is 74.9 cm³/mol. The zero-order chi connectivity index (χ0) is 15.1. The number of pyridine rings is 1. The van der Waals surface area contributed by atoms with E-state index in [-0.39, 0.29) is 30.7 Å². The van der Waals surface area contributed by atoms with Gasteiger partial charge in [-0.3, -0.25) is 9.78 Å². The molecule has 0 radical (unpaired) electrons. The number of ether oxygens (including phenoxy) is 1. The number of aromatic carboxylic acids is 1. The number of nitrogens with zero attached hydrogens (tertiary/aromatic N) is 1. The smallest absolute Gasteiger partial charge is 0.335 e. The first-order valence-corrected chi connectivity index (χ1v) is 6.92. The third kappa shape index (κ3) is 5.13. The van der Waals surface area contributed by atoms with Crippen molar-refractivity contribution in [2.45, 2.75) is 25.5 Å². The highest BCUT2D eigenvalue weighted by Crippen LogP contribution is 2.06. The fraction of sp³-hybridized carbons (Fsp3) is 0.500. The topological polar surface area (TPSA) is 101 Å². The van der Waals surface area contributed by atoms with Crippen LogP contribution in [0.3, 0.4) is 0 Å². The van der Waals surface area contributed by atoms with Crippen LogP contribution in [0.4, 0.5) is 0 Å². The molecule has 1 aliphatic rings. The number of hydrogen-bond acceptors (Lipinski definition) is 5. The number of rotatable bonds is 6. The van der Waals surface area contributed by atoms with E-state index in [2.05, 4.69) is 15.6 Å². The monoisotopic (exact) mass is 293 g/mol. The number of amides is 1. The van der Waals surface area contributed by atoms with Crippen LogP contribution >= 0.6 is 0 Å². The Balaban J connectivity index is 1.73. The van der Waals surface area contributed by atoms with Crippen LogP contribution in [0.5, 0.6) is 0 Å². The molecule has 7 heteroatoms. The van der Waals surface area contributed by atoms with Crippen molar-refractivity contribution in [3.8, 4) is 0 Å². The Bertz CT molecular complexity index is 501. The molecule has 21 heavy (non-hydrogen) atoms. The van der Waals surface area contributed by atoms with Crippen LogP contribution in [0.2, 0.25) is 0 Å². The molecule has 7 nitrogen and oxygen atoms in total. The quantitative estimate of drug-likeness (QED) is 0.691. The largest absolute Gasteiger partial charge is 0.478 e. The zero-order valence-electron chi connectivity index (χ0n) is 11.7. The van der Waals surface area contributed by atoms with Crippen LogP contribution in [0.1, 0.15) is 28.9 Å². The lowest BCUT2D eigenvalue weighted by atomic mass is 10.1. The predicted octanol–water partition coefficient (Wildman–Crippen LogP) is 0.165. The van der Waals surface area contributed by atoms with Crippen molar-refractivity contribution in [1.29, 1.82) is 0 Å². The molecule has 3 N–H and O–H groups in total. The molecule has 1 saturated heterocycles. The van der Waals surface area contributed by atoms with Gasteiger partial charge in [0.25, 0.3) is 0 Å². The average Bonchev–Trinajstić information content (AvgIpc) is 2.52. The molecular weight excluding hydrogens is 274 g/mol. The van der Waals surface area contributed by atoms with Gasteiger partial charge in [0.05, 0.1) is 23.9 Å². The van der Waals surface area contributed by atoms with Crippen molar-refractivity contribution < 1.29 is 19.4 Å². The van der Waals surface area contributed by atoms with Crippen molar-refractivity contribution in [2.75, 3.05) is 19.7 Å². The van der Waals surface area contributed by atoms with Gasteiger partial charge in [-0.25, -0.2) is 4.79 Å². The fourth-order valence-corrected chi connectivity index (χ4v) is 2.10. The molecule has 2 rings (SSSR count). The van der Waals surface area contributed by atoms with Gasteiger partial charge in [0.1, 0.15) is 6.61 Å². The van der Waals surface area contributed by atoms with Gasteiger partial charge in [-0.05, 0) is 38.1 Å². The normalized spacial score (nSPS) is 15.6. The summed E-state index contributed by atoms with van der Waals surface area (Å²) in [5, 5.41) is 14.8. The van der Waals surface area contributed by atoms with Crippen molar-refractivity contribution in [2.24, 2.45) is 0 Å². The molecular formula is C14H19N3O4. The molecule has 1 fully saturated rings. The molecule has 1 aliphatic heterocycles. The summed E-state index contributed by atoms with van der Waals surface area (Å²) < 4.78 is 5.53. The first-order chi connectivity index (χ1) is 10.1. The van der Waals surface area contributed by atoms with Gasteiger partial charge in [0.15, 0.2) is 0 Å². The minimum absolute atomic E-state index is 0.0172. The Morgan fingerprint density at radius 3 is 2.90 bits per heavy atom. The van der Waals surface area contributed by atoms with Gasteiger partial charge in [-0.2, -0.15) is 0 Å². The minimum Gasteiger partial charge on any atom is -0.478 e. The van der Waals surface area contributed by atoms with E-state index in [1.165, 1.54) is 18.3 Å².